The van der Waals surface area contributed by atoms with E-state index in [1.165, 1.54) is 0 Å². The molecule has 6 aromatic carbocycles. The van der Waals surface area contributed by atoms with E-state index < -0.39 is 10.9 Å². The van der Waals surface area contributed by atoms with Crippen LogP contribution in [0.4, 0.5) is 11.4 Å². The van der Waals surface area contributed by atoms with Crippen LogP contribution in [0, 0.1) is 11.8 Å². The lowest BCUT2D eigenvalue weighted by atomic mass is 9.73. The van der Waals surface area contributed by atoms with Crippen molar-refractivity contribution >= 4 is 43.8 Å². The van der Waals surface area contributed by atoms with Crippen LogP contribution < -0.4 is 26.2 Å². The van der Waals surface area contributed by atoms with E-state index in [0.717, 1.165) is 63.9 Å². The summed E-state index contributed by atoms with van der Waals surface area (Å²) in [7, 11) is 1.64. The number of nitrogens with zero attached hydrogens (tertiary/aromatic N) is 2. The van der Waals surface area contributed by atoms with Gasteiger partial charge in [-0.3, -0.25) is 19.5 Å². The minimum atomic E-state index is -0.609. The molecule has 1 unspecified atom stereocenters. The highest BCUT2D eigenvalue weighted by Crippen LogP contribution is 2.47. The summed E-state index contributed by atoms with van der Waals surface area (Å²) in [5, 5.41) is 34.3. The molecule has 3 fully saturated rings. The van der Waals surface area contributed by atoms with E-state index in [-0.39, 0.29) is 41.5 Å². The van der Waals surface area contributed by atoms with Gasteiger partial charge in [-0.1, -0.05) is 60.7 Å². The Hall–Kier alpha value is -6.19. The topological polar surface area (TPSA) is 124 Å². The summed E-state index contributed by atoms with van der Waals surface area (Å²) in [4.78, 5) is 33.9. The zero-order valence-electron chi connectivity index (χ0n) is 29.9. The first-order valence-corrected chi connectivity index (χ1v) is 18.4. The molecule has 2 bridgehead atoms. The van der Waals surface area contributed by atoms with Gasteiger partial charge < -0.3 is 25.6 Å². The van der Waals surface area contributed by atoms with Crippen LogP contribution in [-0.4, -0.2) is 46.3 Å². The highest BCUT2D eigenvalue weighted by atomic mass is 16.5. The Morgan fingerprint density at radius 1 is 0.907 bits per heavy atom. The van der Waals surface area contributed by atoms with Gasteiger partial charge in [0.05, 0.1) is 18.7 Å². The number of aromatic nitrogens is 1. The summed E-state index contributed by atoms with van der Waals surface area (Å²) >= 11 is 0. The average Bonchev–Trinajstić information content (AvgIpc) is 3.22. The van der Waals surface area contributed by atoms with Gasteiger partial charge >= 0.3 is 0 Å². The molecule has 54 heavy (non-hydrogen) atoms. The van der Waals surface area contributed by atoms with Crippen LogP contribution in [0.3, 0.4) is 0 Å². The molecule has 9 nitrogen and oxygen atoms in total. The van der Waals surface area contributed by atoms with Crippen molar-refractivity contribution in [1.82, 2.24) is 9.88 Å². The third-order valence-electron chi connectivity index (χ3n) is 11.8. The second-order valence-corrected chi connectivity index (χ2v) is 14.6. The fourth-order valence-electron chi connectivity index (χ4n) is 8.99. The zero-order valence-corrected chi connectivity index (χ0v) is 29.9. The molecule has 3 aliphatic heterocycles. The molecule has 0 aliphatic carbocycles. The molecule has 7 aromatic rings. The molecule has 0 amide bonds. The summed E-state index contributed by atoms with van der Waals surface area (Å²) in [6, 6.07) is 28.3. The number of methoxy groups -OCH3 is 1. The number of hydrogen-bond acceptors (Lipinski definition) is 9. The number of pyridine rings is 1. The molecule has 9 heteroatoms. The largest absolute Gasteiger partial charge is 0.507 e. The molecule has 0 radical (unpaired) electrons. The van der Waals surface area contributed by atoms with Crippen molar-refractivity contribution in [3.63, 3.8) is 0 Å². The summed E-state index contributed by atoms with van der Waals surface area (Å²) in [5.74, 6) is 1.62. The van der Waals surface area contributed by atoms with Crippen molar-refractivity contribution in [1.29, 1.82) is 0 Å². The number of nitrogens with one attached hydrogen (secondary N) is 2. The summed E-state index contributed by atoms with van der Waals surface area (Å²) < 4.78 is 5.59. The highest BCUT2D eigenvalue weighted by Gasteiger charge is 2.43. The van der Waals surface area contributed by atoms with Crippen LogP contribution in [0.5, 0.6) is 17.2 Å². The molecule has 4 N–H and O–H groups in total. The van der Waals surface area contributed by atoms with Gasteiger partial charge in [0.2, 0.25) is 0 Å². The van der Waals surface area contributed by atoms with Gasteiger partial charge in [0.25, 0.3) is 10.9 Å². The Labute approximate surface area is 311 Å². The quantitative estimate of drug-likeness (QED) is 0.0827. The second kappa shape index (κ2) is 13.3. The summed E-state index contributed by atoms with van der Waals surface area (Å²) in [6.45, 7) is 6.00. The summed E-state index contributed by atoms with van der Waals surface area (Å²) in [5.41, 5.74) is 2.55. The maximum Gasteiger partial charge on any atom is 0.253 e. The number of rotatable bonds is 10. The zero-order chi connectivity index (χ0) is 37.1. The summed E-state index contributed by atoms with van der Waals surface area (Å²) in [6.07, 6.45) is 5.85. The van der Waals surface area contributed by atoms with E-state index in [1.807, 2.05) is 84.9 Å². The Morgan fingerprint density at radius 2 is 1.67 bits per heavy atom. The van der Waals surface area contributed by atoms with Crippen LogP contribution in [0.25, 0.3) is 43.6 Å². The number of hydrogen-bond donors (Lipinski definition) is 4. The second-order valence-electron chi connectivity index (χ2n) is 14.6. The number of phenolic OH excluding ortho intramolecular Hbond substituents is 2. The van der Waals surface area contributed by atoms with Gasteiger partial charge in [0, 0.05) is 47.4 Å². The Kier molecular flexibility index (Phi) is 8.31. The molecular weight excluding hydrogens is 677 g/mol. The Balaban J connectivity index is 1.10. The number of benzene rings is 5. The molecule has 1 aromatic heterocycles. The van der Waals surface area contributed by atoms with Crippen LogP contribution in [0.1, 0.15) is 30.0 Å². The molecule has 5 atom stereocenters. The first-order chi connectivity index (χ1) is 26.3. The predicted molar refractivity (Wildman–Crippen MR) is 215 cm³/mol. The SMILES string of the molecule is C=C[C@H]1CN2CC[C@H]1C[C@H]2[C@H](Nc1c(NCc2cc3ccccc3c(-c3c(O)ccc4ccccc34)c2O)c(=O)c1=O)c1ccnc2ccc(OC)cc12. The van der Waals surface area contributed by atoms with Gasteiger partial charge in [0.15, 0.2) is 0 Å². The molecule has 270 valence electrons. The van der Waals surface area contributed by atoms with Gasteiger partial charge in [-0.2, -0.15) is 0 Å². The van der Waals surface area contributed by atoms with E-state index in [4.69, 9.17) is 4.74 Å². The van der Waals surface area contributed by atoms with Gasteiger partial charge in [-0.15, -0.1) is 6.58 Å². The molecule has 4 heterocycles. The number of piperidine rings is 3. The fraction of sp³-hybridized carbons (Fsp3) is 0.222. The molecule has 0 spiro atoms. The smallest absolute Gasteiger partial charge is 0.253 e. The molecule has 0 saturated carbocycles. The maximum absolute atomic E-state index is 13.5. The van der Waals surface area contributed by atoms with Crippen LogP contribution in [-0.2, 0) is 6.54 Å². The first-order valence-electron chi connectivity index (χ1n) is 18.4. The van der Waals surface area contributed by atoms with Gasteiger partial charge in [-0.05, 0) is 94.7 Å². The fourth-order valence-corrected chi connectivity index (χ4v) is 8.99. The van der Waals surface area contributed by atoms with E-state index in [9.17, 15) is 19.8 Å². The van der Waals surface area contributed by atoms with Gasteiger partial charge in [-0.25, -0.2) is 0 Å². The van der Waals surface area contributed by atoms with E-state index in [1.54, 1.807) is 19.4 Å². The third kappa shape index (κ3) is 5.46. The van der Waals surface area contributed by atoms with Crippen molar-refractivity contribution in [2.75, 3.05) is 30.8 Å². The van der Waals surface area contributed by atoms with Crippen LogP contribution in [0.2, 0.25) is 0 Å². The van der Waals surface area contributed by atoms with Gasteiger partial charge in [0.1, 0.15) is 28.6 Å². The first kappa shape index (κ1) is 33.6. The van der Waals surface area contributed by atoms with E-state index >= 15 is 0 Å². The number of anilines is 2. The predicted octanol–water partition coefficient (Wildman–Crippen LogP) is 7.89. The van der Waals surface area contributed by atoms with Crippen molar-refractivity contribution in [3.8, 4) is 28.4 Å². The highest BCUT2D eigenvalue weighted by molar-refractivity contribution is 6.10. The molecule has 3 saturated heterocycles. The van der Waals surface area contributed by atoms with Crippen LogP contribution in [0.15, 0.2) is 119 Å². The minimum Gasteiger partial charge on any atom is -0.507 e. The minimum absolute atomic E-state index is 0.0149. The Morgan fingerprint density at radius 3 is 2.43 bits per heavy atom. The number of fused-ring (bicyclic) bond motifs is 6. The van der Waals surface area contributed by atoms with Crippen molar-refractivity contribution in [2.45, 2.75) is 31.5 Å². The normalized spacial score (nSPS) is 20.0. The van der Waals surface area contributed by atoms with Crippen LogP contribution >= 0.6 is 0 Å². The van der Waals surface area contributed by atoms with Crippen molar-refractivity contribution in [2.24, 2.45) is 11.8 Å². The number of ether oxygens (including phenoxy) is 1. The molecular formula is C45H40N4O5. The molecule has 3 aliphatic rings. The van der Waals surface area contributed by atoms with Crippen molar-refractivity contribution in [3.05, 3.63) is 141 Å². The van der Waals surface area contributed by atoms with E-state index in [2.05, 4.69) is 33.2 Å². The van der Waals surface area contributed by atoms with E-state index in [0.29, 0.717) is 34.3 Å². The third-order valence-corrected chi connectivity index (χ3v) is 11.8. The lowest BCUT2D eigenvalue weighted by Crippen LogP contribution is -2.56. The lowest BCUT2D eigenvalue weighted by molar-refractivity contribution is 0.0105. The number of phenols is 2. The molecule has 10 rings (SSSR count). The van der Waals surface area contributed by atoms with Crippen molar-refractivity contribution < 1.29 is 14.9 Å². The Bertz CT molecular complexity index is 2680. The monoisotopic (exact) mass is 716 g/mol. The standard InChI is InChI=1S/C45H40N4O5/c1-3-25-24-49-19-17-27(25)21-36(49)40(33-16-18-46-35-14-13-30(54-2)22-34(33)35)48-42-41(44(52)45(42)53)47-23-29-20-28-9-5-7-11-32(28)39(43(29)51)38-31-10-6-4-8-26(31)12-15-37(38)50/h3-16,18,20,22,25,27,36,40,47-48,50-51H,1,17,19,21,23-24H2,2H3/t25-,27-,36-,40+/m0/s1. The number of aromatic hydroxyl groups is 2. The average molecular weight is 717 g/mol. The lowest BCUT2D eigenvalue weighted by Gasteiger charge is -2.52. The maximum atomic E-state index is 13.5.